The molecule has 1 heterocycles. The van der Waals surface area contributed by atoms with Crippen LogP contribution in [0.5, 0.6) is 0 Å². The van der Waals surface area contributed by atoms with Crippen LogP contribution < -0.4 is 5.32 Å². The maximum absolute atomic E-state index is 12.1. The lowest BCUT2D eigenvalue weighted by atomic mass is 9.79. The normalized spacial score (nSPS) is 13.4. The molecule has 0 aliphatic carbocycles. The van der Waals surface area contributed by atoms with Gasteiger partial charge in [0.15, 0.2) is 5.13 Å². The van der Waals surface area contributed by atoms with Gasteiger partial charge in [-0.2, -0.15) is 0 Å². The number of anilines is 1. The number of carbonyl (C=O) groups is 2. The minimum absolute atomic E-state index is 0.148. The van der Waals surface area contributed by atoms with Gasteiger partial charge in [-0.3, -0.25) is 9.59 Å². The molecule has 0 fully saturated rings. The highest BCUT2D eigenvalue weighted by atomic mass is 32.1. The Morgan fingerprint density at radius 1 is 1.33 bits per heavy atom. The molecule has 0 saturated heterocycles. The third kappa shape index (κ3) is 3.46. The molecule has 5 nitrogen and oxygen atoms in total. The van der Waals surface area contributed by atoms with Crippen LogP contribution in [-0.2, 0) is 15.0 Å². The van der Waals surface area contributed by atoms with Crippen molar-refractivity contribution in [2.24, 2.45) is 0 Å². The lowest BCUT2D eigenvalue weighted by molar-refractivity contribution is -0.145. The minimum Gasteiger partial charge on any atom is -0.481 e. The van der Waals surface area contributed by atoms with E-state index in [2.05, 4.69) is 10.3 Å². The van der Waals surface area contributed by atoms with E-state index in [1.54, 1.807) is 37.4 Å². The Balaban J connectivity index is 2.17. The largest absolute Gasteiger partial charge is 0.481 e. The summed E-state index contributed by atoms with van der Waals surface area (Å²) in [6.07, 6.45) is 1.51. The van der Waals surface area contributed by atoms with Crippen LogP contribution in [-0.4, -0.2) is 22.0 Å². The number of nitrogens with one attached hydrogen (secondary N) is 1. The molecular formula is C15H16N2O3S. The van der Waals surface area contributed by atoms with E-state index in [9.17, 15) is 14.7 Å². The summed E-state index contributed by atoms with van der Waals surface area (Å²) >= 11 is 1.36. The number of nitrogens with zero attached hydrogens (tertiary/aromatic N) is 1. The topological polar surface area (TPSA) is 79.3 Å². The van der Waals surface area contributed by atoms with Crippen LogP contribution in [0.3, 0.4) is 0 Å². The number of hydrogen-bond donors (Lipinski definition) is 2. The molecule has 0 spiro atoms. The highest BCUT2D eigenvalue weighted by Gasteiger charge is 2.37. The molecule has 1 unspecified atom stereocenters. The highest BCUT2D eigenvalue weighted by Crippen LogP contribution is 2.29. The van der Waals surface area contributed by atoms with Gasteiger partial charge < -0.3 is 10.4 Å². The molecule has 110 valence electrons. The van der Waals surface area contributed by atoms with Gasteiger partial charge in [0.1, 0.15) is 0 Å². The Morgan fingerprint density at radius 3 is 2.52 bits per heavy atom. The van der Waals surface area contributed by atoms with Gasteiger partial charge in [0.05, 0.1) is 5.41 Å². The van der Waals surface area contributed by atoms with Crippen molar-refractivity contribution in [3.8, 4) is 0 Å². The quantitative estimate of drug-likeness (QED) is 0.890. The van der Waals surface area contributed by atoms with Crippen molar-refractivity contribution in [3.05, 3.63) is 47.0 Å². The Bertz CT molecular complexity index is 654. The number of aromatic nitrogens is 1. The molecule has 21 heavy (non-hydrogen) atoms. The predicted octanol–water partition coefficient (Wildman–Crippen LogP) is 2.82. The smallest absolute Gasteiger partial charge is 0.314 e. The Morgan fingerprint density at radius 2 is 2.00 bits per heavy atom. The third-order valence-electron chi connectivity index (χ3n) is 3.26. The number of carboxylic acid groups (broad SMARTS) is 1. The molecular weight excluding hydrogens is 288 g/mol. The minimum atomic E-state index is -1.27. The van der Waals surface area contributed by atoms with E-state index in [0.717, 1.165) is 4.88 Å². The van der Waals surface area contributed by atoms with Gasteiger partial charge in [0, 0.05) is 17.5 Å². The van der Waals surface area contributed by atoms with Gasteiger partial charge in [-0.25, -0.2) is 4.98 Å². The number of carboxylic acids is 1. The molecule has 1 aromatic carbocycles. The molecule has 2 rings (SSSR count). The number of aryl methyl sites for hydroxylation is 1. The fraction of sp³-hybridized carbons (Fsp3) is 0.267. The summed E-state index contributed by atoms with van der Waals surface area (Å²) in [6.45, 7) is 3.44. The van der Waals surface area contributed by atoms with Crippen LogP contribution in [0.25, 0.3) is 0 Å². The van der Waals surface area contributed by atoms with Crippen molar-refractivity contribution in [1.29, 1.82) is 0 Å². The third-order valence-corrected chi connectivity index (χ3v) is 4.09. The van der Waals surface area contributed by atoms with Gasteiger partial charge in [-0.15, -0.1) is 11.3 Å². The first kappa shape index (κ1) is 15.2. The van der Waals surface area contributed by atoms with Crippen molar-refractivity contribution in [1.82, 2.24) is 4.98 Å². The molecule has 0 aliphatic rings. The van der Waals surface area contributed by atoms with Crippen molar-refractivity contribution in [3.63, 3.8) is 0 Å². The maximum atomic E-state index is 12.1. The van der Waals surface area contributed by atoms with Crippen molar-refractivity contribution >= 4 is 28.3 Å². The number of rotatable bonds is 5. The zero-order chi connectivity index (χ0) is 15.5. The zero-order valence-electron chi connectivity index (χ0n) is 11.8. The average Bonchev–Trinajstić information content (AvgIpc) is 2.84. The second-order valence-electron chi connectivity index (χ2n) is 5.00. The van der Waals surface area contributed by atoms with E-state index < -0.39 is 11.4 Å². The Kier molecular flexibility index (Phi) is 4.37. The number of aliphatic carboxylic acids is 1. The van der Waals surface area contributed by atoms with Crippen molar-refractivity contribution in [2.45, 2.75) is 25.7 Å². The Hall–Kier alpha value is -2.21. The van der Waals surface area contributed by atoms with Crippen LogP contribution in [0, 0.1) is 6.92 Å². The fourth-order valence-corrected chi connectivity index (χ4v) is 2.68. The van der Waals surface area contributed by atoms with E-state index in [4.69, 9.17) is 0 Å². The lowest BCUT2D eigenvalue weighted by Gasteiger charge is -2.24. The summed E-state index contributed by atoms with van der Waals surface area (Å²) in [5.74, 6) is -1.39. The second-order valence-corrected chi connectivity index (χ2v) is 6.24. The number of benzene rings is 1. The van der Waals surface area contributed by atoms with Crippen LogP contribution in [0.15, 0.2) is 36.5 Å². The first-order valence-corrected chi connectivity index (χ1v) is 7.24. The molecule has 0 saturated carbocycles. The maximum Gasteiger partial charge on any atom is 0.314 e. The number of hydrogen-bond acceptors (Lipinski definition) is 4. The number of thiazole rings is 1. The van der Waals surface area contributed by atoms with Crippen LogP contribution in [0.2, 0.25) is 0 Å². The molecule has 0 bridgehead atoms. The van der Waals surface area contributed by atoms with Gasteiger partial charge in [-0.05, 0) is 19.4 Å². The summed E-state index contributed by atoms with van der Waals surface area (Å²) in [5, 5.41) is 12.6. The van der Waals surface area contributed by atoms with Crippen LogP contribution in [0.4, 0.5) is 5.13 Å². The highest BCUT2D eigenvalue weighted by molar-refractivity contribution is 7.15. The lowest BCUT2D eigenvalue weighted by Crippen LogP contribution is -2.36. The van der Waals surface area contributed by atoms with Gasteiger partial charge in [-0.1, -0.05) is 30.3 Å². The molecule has 0 radical (unpaired) electrons. The van der Waals surface area contributed by atoms with Crippen molar-refractivity contribution < 1.29 is 14.7 Å². The van der Waals surface area contributed by atoms with E-state index in [1.807, 2.05) is 13.0 Å². The predicted molar refractivity (Wildman–Crippen MR) is 81.5 cm³/mol. The summed E-state index contributed by atoms with van der Waals surface area (Å²) in [5.41, 5.74) is -0.666. The summed E-state index contributed by atoms with van der Waals surface area (Å²) in [7, 11) is 0. The zero-order valence-corrected chi connectivity index (χ0v) is 12.6. The molecule has 2 aromatic rings. The first-order valence-electron chi connectivity index (χ1n) is 6.43. The van der Waals surface area contributed by atoms with Gasteiger partial charge in [0.2, 0.25) is 5.91 Å². The molecule has 1 aromatic heterocycles. The van der Waals surface area contributed by atoms with E-state index in [-0.39, 0.29) is 12.3 Å². The van der Waals surface area contributed by atoms with Gasteiger partial charge >= 0.3 is 5.97 Å². The summed E-state index contributed by atoms with van der Waals surface area (Å²) in [6, 6.07) is 8.77. The monoisotopic (exact) mass is 304 g/mol. The van der Waals surface area contributed by atoms with Crippen molar-refractivity contribution in [2.75, 3.05) is 5.32 Å². The van der Waals surface area contributed by atoms with Crippen LogP contribution in [0.1, 0.15) is 23.8 Å². The average molecular weight is 304 g/mol. The molecule has 1 amide bonds. The van der Waals surface area contributed by atoms with E-state index in [1.165, 1.54) is 11.3 Å². The molecule has 6 heteroatoms. The summed E-state index contributed by atoms with van der Waals surface area (Å²) < 4.78 is 0. The molecule has 2 N–H and O–H groups in total. The van der Waals surface area contributed by atoms with Crippen LogP contribution >= 0.6 is 11.3 Å². The standard InChI is InChI=1S/C15H16N2O3S/c1-10-9-16-14(21-10)17-12(18)8-15(2,13(19)20)11-6-4-3-5-7-11/h3-7,9H,8H2,1-2H3,(H,19,20)(H,16,17,18). The Labute approximate surface area is 126 Å². The van der Waals surface area contributed by atoms with E-state index in [0.29, 0.717) is 10.7 Å². The number of carbonyl (C=O) groups excluding carboxylic acids is 1. The number of amides is 1. The second kappa shape index (κ2) is 6.05. The SMILES string of the molecule is Cc1cnc(NC(=O)CC(C)(C(=O)O)c2ccccc2)s1. The summed E-state index contributed by atoms with van der Waals surface area (Å²) in [4.78, 5) is 28.8. The molecule has 1 atom stereocenters. The fourth-order valence-electron chi connectivity index (χ4n) is 2.00. The van der Waals surface area contributed by atoms with Gasteiger partial charge in [0.25, 0.3) is 0 Å². The first-order chi connectivity index (χ1) is 9.91. The molecule has 0 aliphatic heterocycles. The van der Waals surface area contributed by atoms with E-state index >= 15 is 0 Å².